The van der Waals surface area contributed by atoms with Crippen LogP contribution in [0.1, 0.15) is 5.56 Å². The van der Waals surface area contributed by atoms with E-state index in [1.165, 1.54) is 0 Å². The topological polar surface area (TPSA) is 55.7 Å². The summed E-state index contributed by atoms with van der Waals surface area (Å²) in [6, 6.07) is 3.81. The summed E-state index contributed by atoms with van der Waals surface area (Å²) in [5, 5.41) is 7.44. The van der Waals surface area contributed by atoms with Gasteiger partial charge >= 0.3 is 0 Å². The molecule has 1 fully saturated rings. The molecule has 3 heterocycles. The minimum absolute atomic E-state index is 0.192. The zero-order valence-electron chi connectivity index (χ0n) is 9.01. The smallest absolute Gasteiger partial charge is 0.212 e. The van der Waals surface area contributed by atoms with Crippen molar-refractivity contribution in [3.05, 3.63) is 23.9 Å². The number of hydrogen-bond donors (Lipinski definition) is 1. The molecule has 0 aliphatic carbocycles. The number of aromatic nitrogens is 1. The van der Waals surface area contributed by atoms with Gasteiger partial charge in [-0.05, 0) is 6.07 Å². The van der Waals surface area contributed by atoms with Crippen LogP contribution in [0.4, 0.5) is 0 Å². The van der Waals surface area contributed by atoms with Crippen LogP contribution in [-0.2, 0) is 4.84 Å². The Labute approximate surface area is 93.5 Å². The average Bonchev–Trinajstić information content (AvgIpc) is 2.91. The summed E-state index contributed by atoms with van der Waals surface area (Å²) in [4.78, 5) is 9.54. The van der Waals surface area contributed by atoms with Gasteiger partial charge in [0.15, 0.2) is 0 Å². The number of methoxy groups -OCH3 is 1. The Morgan fingerprint density at radius 2 is 2.38 bits per heavy atom. The van der Waals surface area contributed by atoms with Crippen molar-refractivity contribution in [1.82, 2.24) is 10.3 Å². The fraction of sp³-hybridized carbons (Fsp3) is 0.455. The van der Waals surface area contributed by atoms with E-state index < -0.39 is 0 Å². The lowest BCUT2D eigenvalue weighted by Crippen LogP contribution is -2.21. The molecule has 2 aliphatic rings. The summed E-state index contributed by atoms with van der Waals surface area (Å²) in [6.45, 7) is 1.80. The highest BCUT2D eigenvalue weighted by Crippen LogP contribution is 2.25. The molecule has 3 rings (SSSR count). The second-order valence-electron chi connectivity index (χ2n) is 3.97. The third kappa shape index (κ3) is 1.44. The molecular weight excluding hydrogens is 206 g/mol. The molecule has 0 saturated carbocycles. The Morgan fingerprint density at radius 1 is 1.44 bits per heavy atom. The third-order valence-corrected chi connectivity index (χ3v) is 3.04. The van der Waals surface area contributed by atoms with Crippen molar-refractivity contribution < 1.29 is 9.57 Å². The molecule has 2 atom stereocenters. The molecule has 1 N–H and O–H groups in total. The normalized spacial score (nSPS) is 27.2. The van der Waals surface area contributed by atoms with Gasteiger partial charge in [0.05, 0.1) is 18.7 Å². The van der Waals surface area contributed by atoms with Gasteiger partial charge in [-0.15, -0.1) is 0 Å². The lowest BCUT2D eigenvalue weighted by Gasteiger charge is -2.07. The molecule has 84 valence electrons. The van der Waals surface area contributed by atoms with E-state index in [1.807, 2.05) is 12.1 Å². The molecule has 0 unspecified atom stereocenters. The van der Waals surface area contributed by atoms with Crippen LogP contribution >= 0.6 is 0 Å². The van der Waals surface area contributed by atoms with E-state index in [-0.39, 0.29) is 6.10 Å². The van der Waals surface area contributed by atoms with Gasteiger partial charge in [-0.2, -0.15) is 0 Å². The summed E-state index contributed by atoms with van der Waals surface area (Å²) >= 11 is 0. The lowest BCUT2D eigenvalue weighted by atomic mass is 9.96. The van der Waals surface area contributed by atoms with E-state index in [1.54, 1.807) is 13.3 Å². The zero-order chi connectivity index (χ0) is 11.0. The van der Waals surface area contributed by atoms with Crippen molar-refractivity contribution >= 4 is 5.71 Å². The van der Waals surface area contributed by atoms with Crippen molar-refractivity contribution in [3.8, 4) is 5.88 Å². The van der Waals surface area contributed by atoms with E-state index in [4.69, 9.17) is 9.57 Å². The third-order valence-electron chi connectivity index (χ3n) is 3.04. The van der Waals surface area contributed by atoms with Crippen molar-refractivity contribution in [1.29, 1.82) is 0 Å². The fourth-order valence-corrected chi connectivity index (χ4v) is 2.15. The molecule has 0 bridgehead atoms. The Kier molecular flexibility index (Phi) is 2.25. The molecule has 0 spiro atoms. The predicted molar refractivity (Wildman–Crippen MR) is 58.6 cm³/mol. The Morgan fingerprint density at radius 3 is 3.12 bits per heavy atom. The van der Waals surface area contributed by atoms with Gasteiger partial charge in [0, 0.05) is 30.9 Å². The maximum absolute atomic E-state index is 5.37. The fourth-order valence-electron chi connectivity index (χ4n) is 2.15. The van der Waals surface area contributed by atoms with Crippen molar-refractivity contribution in [2.45, 2.75) is 6.10 Å². The highest BCUT2D eigenvalue weighted by Gasteiger charge is 2.38. The van der Waals surface area contributed by atoms with Crippen LogP contribution in [-0.4, -0.2) is 37.0 Å². The van der Waals surface area contributed by atoms with Gasteiger partial charge in [0.1, 0.15) is 6.10 Å². The van der Waals surface area contributed by atoms with E-state index in [2.05, 4.69) is 15.5 Å². The van der Waals surface area contributed by atoms with E-state index in [9.17, 15) is 0 Å². The molecule has 1 aromatic heterocycles. The number of hydrogen-bond acceptors (Lipinski definition) is 5. The quantitative estimate of drug-likeness (QED) is 0.783. The highest BCUT2D eigenvalue weighted by molar-refractivity contribution is 6.03. The molecule has 16 heavy (non-hydrogen) atoms. The summed E-state index contributed by atoms with van der Waals surface area (Å²) in [6.07, 6.45) is 1.97. The predicted octanol–water partition coefficient (Wildman–Crippen LogP) is 0.413. The van der Waals surface area contributed by atoms with E-state index in [0.717, 1.165) is 24.4 Å². The SMILES string of the molecule is COc1ccc(C2=NO[C@H]3CNC[C@@H]23)cn1. The van der Waals surface area contributed by atoms with Crippen molar-refractivity contribution in [2.24, 2.45) is 11.1 Å². The Balaban J connectivity index is 1.86. The first-order valence-corrected chi connectivity index (χ1v) is 5.33. The first kappa shape index (κ1) is 9.59. The molecule has 1 saturated heterocycles. The Hall–Kier alpha value is -1.62. The number of oxime groups is 1. The number of fused-ring (bicyclic) bond motifs is 1. The number of rotatable bonds is 2. The summed E-state index contributed by atoms with van der Waals surface area (Å²) < 4.78 is 5.02. The molecule has 5 heteroatoms. The molecular formula is C11H13N3O2. The first-order valence-electron chi connectivity index (χ1n) is 5.33. The van der Waals surface area contributed by atoms with E-state index >= 15 is 0 Å². The molecule has 5 nitrogen and oxygen atoms in total. The first-order chi connectivity index (χ1) is 7.88. The monoisotopic (exact) mass is 219 g/mol. The molecule has 0 amide bonds. The molecule has 2 aliphatic heterocycles. The number of nitrogens with one attached hydrogen (secondary N) is 1. The van der Waals surface area contributed by atoms with Gasteiger partial charge < -0.3 is 14.9 Å². The van der Waals surface area contributed by atoms with Crippen LogP contribution in [0.2, 0.25) is 0 Å². The van der Waals surface area contributed by atoms with Gasteiger partial charge in [0.25, 0.3) is 0 Å². The molecule has 0 radical (unpaired) electrons. The molecule has 1 aromatic rings. The van der Waals surface area contributed by atoms with E-state index in [0.29, 0.717) is 11.8 Å². The number of ether oxygens (including phenoxy) is 1. The van der Waals surface area contributed by atoms with Crippen molar-refractivity contribution in [3.63, 3.8) is 0 Å². The summed E-state index contributed by atoms with van der Waals surface area (Å²) in [5.74, 6) is 0.972. The highest BCUT2D eigenvalue weighted by atomic mass is 16.6. The van der Waals surface area contributed by atoms with Crippen LogP contribution in [0.3, 0.4) is 0 Å². The van der Waals surface area contributed by atoms with Crippen LogP contribution in [0, 0.1) is 5.92 Å². The lowest BCUT2D eigenvalue weighted by molar-refractivity contribution is 0.0842. The maximum Gasteiger partial charge on any atom is 0.212 e. The second kappa shape index (κ2) is 3.75. The average molecular weight is 219 g/mol. The van der Waals surface area contributed by atoms with Crippen LogP contribution in [0.15, 0.2) is 23.5 Å². The second-order valence-corrected chi connectivity index (χ2v) is 3.97. The number of nitrogens with zero attached hydrogens (tertiary/aromatic N) is 2. The van der Waals surface area contributed by atoms with Gasteiger partial charge in [-0.25, -0.2) is 4.98 Å². The van der Waals surface area contributed by atoms with Crippen LogP contribution in [0.5, 0.6) is 5.88 Å². The minimum Gasteiger partial charge on any atom is -0.481 e. The minimum atomic E-state index is 0.192. The van der Waals surface area contributed by atoms with Gasteiger partial charge in [0.2, 0.25) is 5.88 Å². The van der Waals surface area contributed by atoms with Crippen LogP contribution < -0.4 is 10.1 Å². The number of pyridine rings is 1. The largest absolute Gasteiger partial charge is 0.481 e. The standard InChI is InChI=1S/C11H13N3O2/c1-15-10-3-2-7(4-13-10)11-8-5-12-6-9(8)16-14-11/h2-4,8-9,12H,5-6H2,1H3/t8-,9+/m1/s1. The van der Waals surface area contributed by atoms with Gasteiger partial charge in [-0.1, -0.05) is 5.16 Å². The van der Waals surface area contributed by atoms with Crippen molar-refractivity contribution in [2.75, 3.05) is 20.2 Å². The maximum atomic E-state index is 5.37. The zero-order valence-corrected chi connectivity index (χ0v) is 9.01. The van der Waals surface area contributed by atoms with Gasteiger partial charge in [-0.3, -0.25) is 0 Å². The van der Waals surface area contributed by atoms with Crippen LogP contribution in [0.25, 0.3) is 0 Å². The molecule has 0 aromatic carbocycles. The summed E-state index contributed by atoms with van der Waals surface area (Å²) in [5.41, 5.74) is 2.00. The summed E-state index contributed by atoms with van der Waals surface area (Å²) in [7, 11) is 1.61. The Bertz CT molecular complexity index is 416.